The second-order valence-electron chi connectivity index (χ2n) is 9.97. The number of anilines is 1. The molecule has 6 N–H and O–H groups in total. The van der Waals surface area contributed by atoms with Crippen molar-refractivity contribution in [3.8, 4) is 11.3 Å². The number of fused-ring (bicyclic) bond motifs is 4. The summed E-state index contributed by atoms with van der Waals surface area (Å²) in [5.41, 5.74) is 3.54. The molecule has 0 amide bonds. The van der Waals surface area contributed by atoms with Gasteiger partial charge in [-0.3, -0.25) is 4.18 Å². The van der Waals surface area contributed by atoms with Crippen molar-refractivity contribution < 1.29 is 22.8 Å². The number of H-pyrrole nitrogens is 1. The topological polar surface area (TPSA) is 168 Å². The summed E-state index contributed by atoms with van der Waals surface area (Å²) >= 11 is 0. The zero-order chi connectivity index (χ0) is 25.5. The normalized spacial score (nSPS) is 27.5. The molecule has 2 fully saturated rings. The Bertz CT molecular complexity index is 1800. The zero-order valence-electron chi connectivity index (χ0n) is 19.4. The van der Waals surface area contributed by atoms with Crippen molar-refractivity contribution in [2.24, 2.45) is 10.6 Å². The minimum atomic E-state index is -4.15. The fourth-order valence-electron chi connectivity index (χ4n) is 5.79. The van der Waals surface area contributed by atoms with Crippen LogP contribution >= 0.6 is 0 Å². The predicted molar refractivity (Wildman–Crippen MR) is 137 cm³/mol. The first-order chi connectivity index (χ1) is 17.7. The Balaban J connectivity index is 1.20. The van der Waals surface area contributed by atoms with Crippen LogP contribution < -0.4 is 10.5 Å². The van der Waals surface area contributed by atoms with Gasteiger partial charge >= 0.3 is 10.3 Å². The first-order valence-electron chi connectivity index (χ1n) is 11.9. The number of aliphatic hydroxyl groups is 2. The molecule has 2 aliphatic carbocycles. The maximum Gasteiger partial charge on any atom is 0.333 e. The standard InChI is InChI=1S/C25H24N6O5S/c26-37(34,35)36-20-12-25(20)11-19(23(32)24(25)33)29-21-7-8-27-22-10-18(30-31(21)22)13-5-6-17-15(9-13)14-3-1-2-4-16(14)28-17/h1-10,19-20,23-24,28-29,32-33H,11-12H2,(H2,26,34,35)/t19-,20?,23+,24+,25?/m1/s1. The lowest BCUT2D eigenvalue weighted by atomic mass is 10.0. The van der Waals surface area contributed by atoms with Crippen LogP contribution in [0.2, 0.25) is 0 Å². The van der Waals surface area contributed by atoms with E-state index < -0.39 is 40.1 Å². The third-order valence-electron chi connectivity index (χ3n) is 7.71. The van der Waals surface area contributed by atoms with Crippen LogP contribution in [0.4, 0.5) is 5.82 Å². The van der Waals surface area contributed by atoms with Gasteiger partial charge in [-0.15, -0.1) is 0 Å². The number of aromatic amines is 1. The molecule has 5 aromatic rings. The van der Waals surface area contributed by atoms with Gasteiger partial charge in [-0.25, -0.2) is 10.1 Å². The summed E-state index contributed by atoms with van der Waals surface area (Å²) in [5.74, 6) is 0.585. The summed E-state index contributed by atoms with van der Waals surface area (Å²) in [7, 11) is -4.15. The van der Waals surface area contributed by atoms with Crippen molar-refractivity contribution in [1.82, 2.24) is 19.6 Å². The van der Waals surface area contributed by atoms with E-state index in [2.05, 4.69) is 27.4 Å². The smallest absolute Gasteiger partial charge is 0.333 e. The quantitative estimate of drug-likeness (QED) is 0.234. The zero-order valence-corrected chi connectivity index (χ0v) is 20.3. The number of hydrogen-bond donors (Lipinski definition) is 5. The molecule has 5 atom stereocenters. The van der Waals surface area contributed by atoms with Crippen LogP contribution in [0.15, 0.2) is 60.8 Å². The predicted octanol–water partition coefficient (Wildman–Crippen LogP) is 1.92. The van der Waals surface area contributed by atoms with Crippen LogP contribution in [-0.2, 0) is 14.5 Å². The lowest BCUT2D eigenvalue weighted by molar-refractivity contribution is 0.00111. The number of aromatic nitrogens is 4. The average Bonchev–Trinajstić information content (AvgIpc) is 3.16. The minimum absolute atomic E-state index is 0.299. The molecule has 2 aliphatic rings. The van der Waals surface area contributed by atoms with Crippen molar-refractivity contribution in [1.29, 1.82) is 0 Å². The van der Waals surface area contributed by atoms with Crippen LogP contribution in [-0.4, -0.2) is 62.6 Å². The van der Waals surface area contributed by atoms with E-state index in [1.165, 1.54) is 0 Å². The van der Waals surface area contributed by atoms with E-state index in [1.54, 1.807) is 16.8 Å². The number of para-hydroxylation sites is 1. The van der Waals surface area contributed by atoms with E-state index in [0.717, 1.165) is 33.1 Å². The first-order valence-corrected chi connectivity index (χ1v) is 13.4. The minimum Gasteiger partial charge on any atom is -0.390 e. The van der Waals surface area contributed by atoms with Crippen molar-refractivity contribution >= 4 is 43.6 Å². The molecule has 3 heterocycles. The summed E-state index contributed by atoms with van der Waals surface area (Å²) < 4.78 is 29.2. The summed E-state index contributed by atoms with van der Waals surface area (Å²) in [6.07, 6.45) is -0.781. The van der Waals surface area contributed by atoms with Crippen LogP contribution in [0.3, 0.4) is 0 Å². The van der Waals surface area contributed by atoms with E-state index in [-0.39, 0.29) is 0 Å². The largest absolute Gasteiger partial charge is 0.390 e. The Hall–Kier alpha value is -3.55. The Morgan fingerprint density at radius 2 is 1.89 bits per heavy atom. The third-order valence-corrected chi connectivity index (χ3v) is 8.22. The highest BCUT2D eigenvalue weighted by molar-refractivity contribution is 7.84. The molecule has 2 unspecified atom stereocenters. The van der Waals surface area contributed by atoms with Gasteiger partial charge in [0, 0.05) is 45.0 Å². The molecule has 0 radical (unpaired) electrons. The van der Waals surface area contributed by atoms with Crippen LogP contribution in [0, 0.1) is 5.41 Å². The number of nitrogens with one attached hydrogen (secondary N) is 2. The fourth-order valence-corrected chi connectivity index (χ4v) is 6.38. The first kappa shape index (κ1) is 22.6. The molecule has 0 saturated heterocycles. The second-order valence-corrected chi connectivity index (χ2v) is 11.1. The molecule has 3 aromatic heterocycles. The molecule has 190 valence electrons. The van der Waals surface area contributed by atoms with E-state index in [4.69, 9.17) is 14.4 Å². The van der Waals surface area contributed by atoms with Crippen LogP contribution in [0.5, 0.6) is 0 Å². The highest BCUT2D eigenvalue weighted by Crippen LogP contribution is 2.60. The van der Waals surface area contributed by atoms with Gasteiger partial charge in [0.2, 0.25) is 0 Å². The van der Waals surface area contributed by atoms with Gasteiger partial charge in [0.25, 0.3) is 0 Å². The average molecular weight is 521 g/mol. The van der Waals surface area contributed by atoms with E-state index in [1.807, 2.05) is 36.4 Å². The van der Waals surface area contributed by atoms with Crippen LogP contribution in [0.1, 0.15) is 12.8 Å². The number of hydrogen-bond acceptors (Lipinski definition) is 8. The van der Waals surface area contributed by atoms with E-state index in [0.29, 0.717) is 24.3 Å². The lowest BCUT2D eigenvalue weighted by Crippen LogP contribution is -2.36. The second kappa shape index (κ2) is 7.73. The lowest BCUT2D eigenvalue weighted by Gasteiger charge is -2.19. The van der Waals surface area contributed by atoms with Crippen molar-refractivity contribution in [2.45, 2.75) is 37.2 Å². The SMILES string of the molecule is NS(=O)(=O)OC1CC12C[C@@H](Nc1ccnc3cc(-c4ccc5[nH]c6ccccc6c5c4)nn13)[C@H](O)[C@@H]2O. The summed E-state index contributed by atoms with van der Waals surface area (Å²) in [6, 6.07) is 17.4. The highest BCUT2D eigenvalue weighted by Gasteiger charge is 2.68. The van der Waals surface area contributed by atoms with Crippen molar-refractivity contribution in [3.63, 3.8) is 0 Å². The van der Waals surface area contributed by atoms with Crippen molar-refractivity contribution in [3.05, 3.63) is 60.8 Å². The molecule has 0 bridgehead atoms. The van der Waals surface area contributed by atoms with Gasteiger partial charge in [0.15, 0.2) is 5.65 Å². The molecule has 0 aliphatic heterocycles. The summed E-state index contributed by atoms with van der Waals surface area (Å²) in [6.45, 7) is 0. The number of rotatable bonds is 5. The molecular weight excluding hydrogens is 496 g/mol. The molecule has 37 heavy (non-hydrogen) atoms. The van der Waals surface area contributed by atoms with Crippen molar-refractivity contribution in [2.75, 3.05) is 5.32 Å². The Morgan fingerprint density at radius 3 is 2.73 bits per heavy atom. The number of aliphatic hydroxyl groups excluding tert-OH is 2. The van der Waals surface area contributed by atoms with E-state index >= 15 is 0 Å². The highest BCUT2D eigenvalue weighted by atomic mass is 32.2. The molecule has 2 aromatic carbocycles. The maximum absolute atomic E-state index is 11.3. The van der Waals surface area contributed by atoms with E-state index in [9.17, 15) is 18.6 Å². The van der Waals surface area contributed by atoms with Gasteiger partial charge in [-0.2, -0.15) is 18.0 Å². The van der Waals surface area contributed by atoms with Gasteiger partial charge < -0.3 is 20.5 Å². The van der Waals surface area contributed by atoms with Gasteiger partial charge in [0.05, 0.1) is 23.9 Å². The Morgan fingerprint density at radius 1 is 1.08 bits per heavy atom. The molecular formula is C25H24N6O5S. The number of nitrogens with zero attached hydrogens (tertiary/aromatic N) is 3. The Labute approximate surface area is 211 Å². The van der Waals surface area contributed by atoms with Gasteiger partial charge in [-0.1, -0.05) is 24.3 Å². The molecule has 7 rings (SSSR count). The Kier molecular flexibility index (Phi) is 4.73. The maximum atomic E-state index is 11.3. The fraction of sp³-hybridized carbons (Fsp3) is 0.280. The van der Waals surface area contributed by atoms with Gasteiger partial charge in [0.1, 0.15) is 11.9 Å². The monoisotopic (exact) mass is 520 g/mol. The molecule has 2 saturated carbocycles. The molecule has 1 spiro atoms. The number of nitrogens with two attached hydrogens (primary N) is 1. The molecule has 12 heteroatoms. The van der Waals surface area contributed by atoms with Gasteiger partial charge in [-0.05, 0) is 37.1 Å². The molecule has 11 nitrogen and oxygen atoms in total. The number of benzene rings is 2. The summed E-state index contributed by atoms with van der Waals surface area (Å²) in [4.78, 5) is 7.86. The van der Waals surface area contributed by atoms with Crippen LogP contribution in [0.25, 0.3) is 38.7 Å². The summed E-state index contributed by atoms with van der Waals surface area (Å²) in [5, 5.41) is 36.7. The third kappa shape index (κ3) is 3.60.